The highest BCUT2D eigenvalue weighted by atomic mass is 79.9. The molecule has 0 fully saturated rings. The first-order valence-corrected chi connectivity index (χ1v) is 7.67. The van der Waals surface area contributed by atoms with Gasteiger partial charge in [0.1, 0.15) is 23.6 Å². The van der Waals surface area contributed by atoms with E-state index in [1.807, 2.05) is 24.3 Å². The van der Waals surface area contributed by atoms with Crippen LogP contribution in [-0.4, -0.2) is 9.97 Å². The number of benzene rings is 2. The predicted octanol–water partition coefficient (Wildman–Crippen LogP) is 4.59. The standard InChI is InChI=1S/C16H12BrF2N5/c17-9-1-4-11(5-2-9)23-15-14(20)16(22-8-21-15)24-13-6-3-10(18)7-12(13)19/h1-8H,20H2,(H2,21,22,23,24). The molecule has 3 aromatic rings. The van der Waals surface area contributed by atoms with E-state index < -0.39 is 11.6 Å². The van der Waals surface area contributed by atoms with Gasteiger partial charge in [-0.3, -0.25) is 0 Å². The summed E-state index contributed by atoms with van der Waals surface area (Å²) in [5, 5.41) is 5.80. The summed E-state index contributed by atoms with van der Waals surface area (Å²) in [4.78, 5) is 8.08. The molecular formula is C16H12BrF2N5. The minimum Gasteiger partial charge on any atom is -0.393 e. The minimum absolute atomic E-state index is 0.0661. The van der Waals surface area contributed by atoms with Gasteiger partial charge in [-0.25, -0.2) is 18.7 Å². The number of rotatable bonds is 4. The highest BCUT2D eigenvalue weighted by Gasteiger charge is 2.11. The van der Waals surface area contributed by atoms with E-state index >= 15 is 0 Å². The third kappa shape index (κ3) is 3.60. The molecule has 8 heteroatoms. The summed E-state index contributed by atoms with van der Waals surface area (Å²) in [6, 6.07) is 10.6. The van der Waals surface area contributed by atoms with Crippen LogP contribution in [0.3, 0.4) is 0 Å². The van der Waals surface area contributed by atoms with E-state index in [0.29, 0.717) is 5.82 Å². The molecule has 0 bridgehead atoms. The van der Waals surface area contributed by atoms with Crippen molar-refractivity contribution in [3.8, 4) is 0 Å². The second kappa shape index (κ2) is 6.79. The van der Waals surface area contributed by atoms with Crippen molar-refractivity contribution in [3.63, 3.8) is 0 Å². The van der Waals surface area contributed by atoms with Crippen LogP contribution in [-0.2, 0) is 0 Å². The van der Waals surface area contributed by atoms with Crippen molar-refractivity contribution in [3.05, 3.63) is 64.9 Å². The van der Waals surface area contributed by atoms with Gasteiger partial charge in [0.05, 0.1) is 5.69 Å². The summed E-state index contributed by atoms with van der Waals surface area (Å²) in [7, 11) is 0. The first-order valence-electron chi connectivity index (χ1n) is 6.88. The second-order valence-electron chi connectivity index (χ2n) is 4.87. The van der Waals surface area contributed by atoms with E-state index in [2.05, 4.69) is 36.5 Å². The smallest absolute Gasteiger partial charge is 0.159 e. The van der Waals surface area contributed by atoms with Gasteiger partial charge in [0.2, 0.25) is 0 Å². The summed E-state index contributed by atoms with van der Waals surface area (Å²) in [6.45, 7) is 0. The quantitative estimate of drug-likeness (QED) is 0.606. The Bertz CT molecular complexity index is 871. The Morgan fingerprint density at radius 2 is 1.58 bits per heavy atom. The molecule has 0 aliphatic carbocycles. The molecule has 0 spiro atoms. The maximum atomic E-state index is 13.7. The first-order chi connectivity index (χ1) is 11.5. The average Bonchev–Trinajstić information content (AvgIpc) is 2.55. The van der Waals surface area contributed by atoms with E-state index in [-0.39, 0.29) is 17.2 Å². The van der Waals surface area contributed by atoms with E-state index in [4.69, 9.17) is 5.73 Å². The number of aromatic nitrogens is 2. The van der Waals surface area contributed by atoms with Crippen molar-refractivity contribution < 1.29 is 8.78 Å². The molecule has 0 atom stereocenters. The van der Waals surface area contributed by atoms with Gasteiger partial charge < -0.3 is 16.4 Å². The van der Waals surface area contributed by atoms with Gasteiger partial charge in [0, 0.05) is 16.2 Å². The molecule has 1 heterocycles. The Morgan fingerprint density at radius 3 is 2.25 bits per heavy atom. The van der Waals surface area contributed by atoms with Gasteiger partial charge in [-0.1, -0.05) is 15.9 Å². The third-order valence-corrected chi connectivity index (χ3v) is 3.70. The van der Waals surface area contributed by atoms with Crippen LogP contribution in [0.2, 0.25) is 0 Å². The van der Waals surface area contributed by atoms with Crippen LogP contribution in [0.5, 0.6) is 0 Å². The van der Waals surface area contributed by atoms with Gasteiger partial charge in [0.15, 0.2) is 11.6 Å². The third-order valence-electron chi connectivity index (χ3n) is 3.18. The van der Waals surface area contributed by atoms with Gasteiger partial charge >= 0.3 is 0 Å². The van der Waals surface area contributed by atoms with Crippen LogP contribution in [0.4, 0.5) is 37.5 Å². The first kappa shape index (κ1) is 16.1. The topological polar surface area (TPSA) is 75.9 Å². The summed E-state index contributed by atoms with van der Waals surface area (Å²) in [5.74, 6) is -0.811. The number of hydrogen-bond acceptors (Lipinski definition) is 5. The van der Waals surface area contributed by atoms with Crippen LogP contribution < -0.4 is 16.4 Å². The monoisotopic (exact) mass is 391 g/mol. The van der Waals surface area contributed by atoms with Crippen LogP contribution in [0.25, 0.3) is 0 Å². The highest BCUT2D eigenvalue weighted by Crippen LogP contribution is 2.29. The van der Waals surface area contributed by atoms with Crippen molar-refractivity contribution in [2.45, 2.75) is 0 Å². The van der Waals surface area contributed by atoms with Crippen molar-refractivity contribution in [1.82, 2.24) is 9.97 Å². The minimum atomic E-state index is -0.740. The van der Waals surface area contributed by atoms with Gasteiger partial charge in [-0.15, -0.1) is 0 Å². The zero-order chi connectivity index (χ0) is 17.1. The predicted molar refractivity (Wildman–Crippen MR) is 93.5 cm³/mol. The molecule has 24 heavy (non-hydrogen) atoms. The molecule has 122 valence electrons. The number of halogens is 3. The fourth-order valence-corrected chi connectivity index (χ4v) is 2.25. The molecule has 2 aromatic carbocycles. The lowest BCUT2D eigenvalue weighted by Gasteiger charge is -2.13. The molecule has 0 aliphatic rings. The number of nitrogens with two attached hydrogens (primary N) is 1. The second-order valence-corrected chi connectivity index (χ2v) is 5.78. The molecule has 4 N–H and O–H groups in total. The Labute approximate surface area is 145 Å². The largest absolute Gasteiger partial charge is 0.393 e. The SMILES string of the molecule is Nc1c(Nc2ccc(Br)cc2)ncnc1Nc1ccc(F)cc1F. The molecule has 0 saturated heterocycles. The van der Waals surface area contributed by atoms with Crippen molar-refractivity contribution in [2.24, 2.45) is 0 Å². The fraction of sp³-hybridized carbons (Fsp3) is 0. The number of nitrogens with one attached hydrogen (secondary N) is 2. The Kier molecular flexibility index (Phi) is 4.57. The zero-order valence-electron chi connectivity index (χ0n) is 12.2. The van der Waals surface area contributed by atoms with Crippen molar-refractivity contribution in [1.29, 1.82) is 0 Å². The van der Waals surface area contributed by atoms with Crippen LogP contribution in [0.1, 0.15) is 0 Å². The normalized spacial score (nSPS) is 10.5. The molecule has 0 saturated carbocycles. The van der Waals surface area contributed by atoms with Crippen LogP contribution >= 0.6 is 15.9 Å². The lowest BCUT2D eigenvalue weighted by molar-refractivity contribution is 0.586. The molecule has 0 aliphatic heterocycles. The Balaban J connectivity index is 1.86. The van der Waals surface area contributed by atoms with Crippen molar-refractivity contribution in [2.75, 3.05) is 16.4 Å². The summed E-state index contributed by atoms with van der Waals surface area (Å²) in [6.07, 6.45) is 1.29. The van der Waals surface area contributed by atoms with Crippen molar-refractivity contribution >= 4 is 44.6 Å². The summed E-state index contributed by atoms with van der Waals surface area (Å²) < 4.78 is 27.7. The number of hydrogen-bond donors (Lipinski definition) is 3. The van der Waals surface area contributed by atoms with E-state index in [9.17, 15) is 8.78 Å². The summed E-state index contributed by atoms with van der Waals surface area (Å²) >= 11 is 3.36. The lowest BCUT2D eigenvalue weighted by atomic mass is 10.3. The highest BCUT2D eigenvalue weighted by molar-refractivity contribution is 9.10. The van der Waals surface area contributed by atoms with Gasteiger partial charge in [-0.2, -0.15) is 0 Å². The lowest BCUT2D eigenvalue weighted by Crippen LogP contribution is -2.06. The molecule has 1 aromatic heterocycles. The fourth-order valence-electron chi connectivity index (χ4n) is 1.98. The Hall–Kier alpha value is -2.74. The molecule has 3 rings (SSSR count). The zero-order valence-corrected chi connectivity index (χ0v) is 13.8. The van der Waals surface area contributed by atoms with Crippen LogP contribution in [0.15, 0.2) is 53.3 Å². The molecule has 0 amide bonds. The number of nitrogens with zero attached hydrogens (tertiary/aromatic N) is 2. The van der Waals surface area contributed by atoms with E-state index in [0.717, 1.165) is 22.3 Å². The van der Waals surface area contributed by atoms with Gasteiger partial charge in [-0.05, 0) is 36.4 Å². The molecular weight excluding hydrogens is 380 g/mol. The van der Waals surface area contributed by atoms with Crippen LogP contribution in [0, 0.1) is 11.6 Å². The van der Waals surface area contributed by atoms with Gasteiger partial charge in [0.25, 0.3) is 0 Å². The number of anilines is 5. The maximum absolute atomic E-state index is 13.7. The summed E-state index contributed by atoms with van der Waals surface area (Å²) in [5.41, 5.74) is 7.09. The molecule has 0 radical (unpaired) electrons. The average molecular weight is 392 g/mol. The maximum Gasteiger partial charge on any atom is 0.159 e. The molecule has 5 nitrogen and oxygen atoms in total. The Morgan fingerprint density at radius 1 is 0.917 bits per heavy atom. The van der Waals surface area contributed by atoms with E-state index in [1.54, 1.807) is 0 Å². The molecule has 0 unspecified atom stereocenters. The number of nitrogen functional groups attached to an aromatic ring is 1. The van der Waals surface area contributed by atoms with E-state index in [1.165, 1.54) is 12.4 Å².